The lowest BCUT2D eigenvalue weighted by atomic mass is 9.98. The monoisotopic (exact) mass is 232 g/mol. The number of halogens is 3. The van der Waals surface area contributed by atoms with Gasteiger partial charge in [-0.25, -0.2) is 0 Å². The van der Waals surface area contributed by atoms with Crippen LogP contribution in [-0.4, -0.2) is 10.5 Å². The Morgan fingerprint density at radius 1 is 1.25 bits per heavy atom. The number of nitrogens with zero attached hydrogens (tertiary/aromatic N) is 1. The van der Waals surface area contributed by atoms with Gasteiger partial charge in [-0.1, -0.05) is 0 Å². The Morgan fingerprint density at radius 2 is 1.88 bits per heavy atom. The molecule has 0 unspecified atom stereocenters. The van der Waals surface area contributed by atoms with Gasteiger partial charge in [0.2, 0.25) is 0 Å². The molecule has 1 aromatic rings. The van der Waals surface area contributed by atoms with Crippen molar-refractivity contribution < 1.29 is 13.2 Å². The molecule has 16 heavy (non-hydrogen) atoms. The van der Waals surface area contributed by atoms with E-state index in [0.717, 1.165) is 12.3 Å². The van der Waals surface area contributed by atoms with Crippen LogP contribution in [0.4, 0.5) is 13.2 Å². The number of nitrogens with two attached hydrogens (primary N) is 1. The standard InChI is InChI=1S/C11H15F3N2/c1-10(2,15)6-5-9-4-3-8(7-16-9)11(12,13)14/h3-4,7H,5-6,15H2,1-2H3. The summed E-state index contributed by atoms with van der Waals surface area (Å²) in [5.74, 6) is 0. The highest BCUT2D eigenvalue weighted by atomic mass is 19.4. The van der Waals surface area contributed by atoms with Crippen LogP contribution in [0.1, 0.15) is 31.5 Å². The lowest BCUT2D eigenvalue weighted by Gasteiger charge is -2.17. The van der Waals surface area contributed by atoms with Gasteiger partial charge in [0.25, 0.3) is 0 Å². The van der Waals surface area contributed by atoms with Gasteiger partial charge in [-0.3, -0.25) is 4.98 Å². The van der Waals surface area contributed by atoms with Gasteiger partial charge in [-0.15, -0.1) is 0 Å². The molecule has 1 heterocycles. The molecule has 0 saturated carbocycles. The van der Waals surface area contributed by atoms with Crippen LogP contribution in [0, 0.1) is 0 Å². The molecule has 0 aromatic carbocycles. The van der Waals surface area contributed by atoms with Crippen molar-refractivity contribution in [2.75, 3.05) is 0 Å². The van der Waals surface area contributed by atoms with Crippen molar-refractivity contribution in [3.63, 3.8) is 0 Å². The minimum absolute atomic E-state index is 0.329. The molecule has 0 bridgehead atoms. The van der Waals surface area contributed by atoms with Crippen molar-refractivity contribution in [1.82, 2.24) is 4.98 Å². The van der Waals surface area contributed by atoms with Crippen LogP contribution in [0.15, 0.2) is 18.3 Å². The van der Waals surface area contributed by atoms with Crippen LogP contribution in [0.25, 0.3) is 0 Å². The maximum atomic E-state index is 12.2. The summed E-state index contributed by atoms with van der Waals surface area (Å²) in [6, 6.07) is 2.44. The first kappa shape index (κ1) is 13.0. The summed E-state index contributed by atoms with van der Waals surface area (Å²) in [4.78, 5) is 3.77. The molecule has 2 nitrogen and oxygen atoms in total. The van der Waals surface area contributed by atoms with Gasteiger partial charge in [-0.05, 0) is 38.8 Å². The van der Waals surface area contributed by atoms with Crippen molar-refractivity contribution in [3.05, 3.63) is 29.6 Å². The first-order chi connectivity index (χ1) is 7.18. The fraction of sp³-hybridized carbons (Fsp3) is 0.545. The van der Waals surface area contributed by atoms with Crippen LogP contribution >= 0.6 is 0 Å². The molecular formula is C11H15F3N2. The van der Waals surface area contributed by atoms with Crippen molar-refractivity contribution in [1.29, 1.82) is 0 Å². The summed E-state index contributed by atoms with van der Waals surface area (Å²) in [6.45, 7) is 3.74. The van der Waals surface area contributed by atoms with E-state index in [-0.39, 0.29) is 5.54 Å². The van der Waals surface area contributed by atoms with Gasteiger partial charge in [0.15, 0.2) is 0 Å². The third-order valence-electron chi connectivity index (χ3n) is 2.18. The Kier molecular flexibility index (Phi) is 3.57. The van der Waals surface area contributed by atoms with Crippen molar-refractivity contribution in [3.8, 4) is 0 Å². The topological polar surface area (TPSA) is 38.9 Å². The molecule has 0 radical (unpaired) electrons. The molecule has 0 amide bonds. The normalized spacial score (nSPS) is 12.9. The largest absolute Gasteiger partial charge is 0.417 e. The van der Waals surface area contributed by atoms with Crippen molar-refractivity contribution >= 4 is 0 Å². The van der Waals surface area contributed by atoms with E-state index in [9.17, 15) is 13.2 Å². The van der Waals surface area contributed by atoms with E-state index >= 15 is 0 Å². The average molecular weight is 232 g/mol. The highest BCUT2D eigenvalue weighted by Crippen LogP contribution is 2.28. The predicted octanol–water partition coefficient (Wildman–Crippen LogP) is 2.77. The summed E-state index contributed by atoms with van der Waals surface area (Å²) < 4.78 is 36.7. The Hall–Kier alpha value is -1.10. The number of alkyl halides is 3. The fourth-order valence-electron chi connectivity index (χ4n) is 1.19. The molecule has 5 heteroatoms. The Bertz CT molecular complexity index is 336. The summed E-state index contributed by atoms with van der Waals surface area (Å²) in [7, 11) is 0. The van der Waals surface area contributed by atoms with Crippen molar-refractivity contribution in [2.45, 2.75) is 38.4 Å². The molecular weight excluding hydrogens is 217 g/mol. The molecule has 1 rings (SSSR count). The predicted molar refractivity (Wildman–Crippen MR) is 55.8 cm³/mol. The molecule has 0 aliphatic carbocycles. The van der Waals surface area contributed by atoms with E-state index in [1.807, 2.05) is 13.8 Å². The maximum Gasteiger partial charge on any atom is 0.417 e. The quantitative estimate of drug-likeness (QED) is 0.870. The van der Waals surface area contributed by atoms with Crippen LogP contribution in [0.5, 0.6) is 0 Å². The third kappa shape index (κ3) is 4.18. The van der Waals surface area contributed by atoms with Crippen LogP contribution in [0.3, 0.4) is 0 Å². The molecule has 1 aromatic heterocycles. The Balaban J connectivity index is 2.66. The second-order valence-electron chi connectivity index (χ2n) is 4.52. The first-order valence-corrected chi connectivity index (χ1v) is 4.99. The summed E-state index contributed by atoms with van der Waals surface area (Å²) >= 11 is 0. The molecule has 0 saturated heterocycles. The van der Waals surface area contributed by atoms with Gasteiger partial charge in [0.1, 0.15) is 0 Å². The highest BCUT2D eigenvalue weighted by Gasteiger charge is 2.30. The zero-order chi connectivity index (χ0) is 12.4. The fourth-order valence-corrected chi connectivity index (χ4v) is 1.19. The molecule has 0 atom stereocenters. The summed E-state index contributed by atoms with van der Waals surface area (Å²) in [6.07, 6.45) is -2.19. The zero-order valence-electron chi connectivity index (χ0n) is 9.30. The summed E-state index contributed by atoms with van der Waals surface area (Å²) in [5.41, 5.74) is 5.36. The number of hydrogen-bond donors (Lipinski definition) is 1. The van der Waals surface area contributed by atoms with E-state index < -0.39 is 11.7 Å². The number of rotatable bonds is 3. The molecule has 0 aliphatic rings. The van der Waals surface area contributed by atoms with Gasteiger partial charge in [-0.2, -0.15) is 13.2 Å². The summed E-state index contributed by atoms with van der Waals surface area (Å²) in [5, 5.41) is 0. The van der Waals surface area contributed by atoms with E-state index in [2.05, 4.69) is 4.98 Å². The smallest absolute Gasteiger partial charge is 0.326 e. The number of hydrogen-bond acceptors (Lipinski definition) is 2. The number of pyridine rings is 1. The molecule has 0 spiro atoms. The second-order valence-corrected chi connectivity index (χ2v) is 4.52. The van der Waals surface area contributed by atoms with E-state index in [1.165, 1.54) is 6.07 Å². The first-order valence-electron chi connectivity index (χ1n) is 4.99. The number of aryl methyl sites for hydroxylation is 1. The molecule has 90 valence electrons. The lowest BCUT2D eigenvalue weighted by molar-refractivity contribution is -0.137. The Morgan fingerprint density at radius 3 is 2.25 bits per heavy atom. The van der Waals surface area contributed by atoms with E-state index in [4.69, 9.17) is 5.73 Å². The SMILES string of the molecule is CC(C)(N)CCc1ccc(C(F)(F)F)cn1. The van der Waals surface area contributed by atoms with Crippen LogP contribution in [0.2, 0.25) is 0 Å². The zero-order valence-corrected chi connectivity index (χ0v) is 9.30. The van der Waals surface area contributed by atoms with Crippen LogP contribution in [-0.2, 0) is 12.6 Å². The third-order valence-corrected chi connectivity index (χ3v) is 2.18. The van der Waals surface area contributed by atoms with Crippen LogP contribution < -0.4 is 5.73 Å². The minimum atomic E-state index is -4.32. The number of aromatic nitrogens is 1. The van der Waals surface area contributed by atoms with E-state index in [1.54, 1.807) is 0 Å². The van der Waals surface area contributed by atoms with Gasteiger partial charge in [0.05, 0.1) is 5.56 Å². The Labute approximate surface area is 92.7 Å². The van der Waals surface area contributed by atoms with Gasteiger partial charge < -0.3 is 5.73 Å². The maximum absolute atomic E-state index is 12.2. The minimum Gasteiger partial charge on any atom is -0.326 e. The highest BCUT2D eigenvalue weighted by molar-refractivity contribution is 5.17. The van der Waals surface area contributed by atoms with Crippen molar-refractivity contribution in [2.24, 2.45) is 5.73 Å². The average Bonchev–Trinajstić information content (AvgIpc) is 2.13. The lowest BCUT2D eigenvalue weighted by Crippen LogP contribution is -2.32. The molecule has 0 aliphatic heterocycles. The van der Waals surface area contributed by atoms with Gasteiger partial charge >= 0.3 is 6.18 Å². The molecule has 2 N–H and O–H groups in total. The second kappa shape index (κ2) is 4.41. The van der Waals surface area contributed by atoms with Gasteiger partial charge in [0, 0.05) is 17.4 Å². The molecule has 0 fully saturated rings. The van der Waals surface area contributed by atoms with E-state index in [0.29, 0.717) is 18.5 Å².